The molecule has 34 heavy (non-hydrogen) atoms. The lowest BCUT2D eigenvalue weighted by Gasteiger charge is -2.32. The van der Waals surface area contributed by atoms with E-state index in [4.69, 9.17) is 14.2 Å². The Morgan fingerprint density at radius 2 is 1.59 bits per heavy atom. The Kier molecular flexibility index (Phi) is 10.1. The van der Waals surface area contributed by atoms with Crippen molar-refractivity contribution in [2.45, 2.75) is 44.9 Å². The Hall–Kier alpha value is -2.68. The van der Waals surface area contributed by atoms with Gasteiger partial charge in [-0.25, -0.2) is 4.79 Å². The van der Waals surface area contributed by atoms with Crippen molar-refractivity contribution in [2.75, 3.05) is 65.9 Å². The number of ether oxygens (including phenoxy) is 3. The average Bonchev–Trinajstić information content (AvgIpc) is 2.87. The van der Waals surface area contributed by atoms with E-state index in [1.54, 1.807) is 38.4 Å². The number of anilines is 1. The first kappa shape index (κ1) is 25.9. The fourth-order valence-electron chi connectivity index (χ4n) is 4.74. The van der Waals surface area contributed by atoms with Crippen molar-refractivity contribution in [1.29, 1.82) is 0 Å². The zero-order valence-corrected chi connectivity index (χ0v) is 20.9. The van der Waals surface area contributed by atoms with Gasteiger partial charge < -0.3 is 34.6 Å². The first-order valence-electron chi connectivity index (χ1n) is 12.4. The lowest BCUT2D eigenvalue weighted by Crippen LogP contribution is -2.42. The minimum atomic E-state index is -0.171. The van der Waals surface area contributed by atoms with Gasteiger partial charge in [-0.05, 0) is 57.7 Å². The summed E-state index contributed by atoms with van der Waals surface area (Å²) in [4.78, 5) is 29.4. The highest BCUT2D eigenvalue weighted by Gasteiger charge is 2.25. The van der Waals surface area contributed by atoms with Gasteiger partial charge in [-0.3, -0.25) is 4.79 Å². The van der Waals surface area contributed by atoms with E-state index in [1.807, 2.05) is 0 Å². The second kappa shape index (κ2) is 13.3. The third-order valence-electron chi connectivity index (χ3n) is 6.71. The van der Waals surface area contributed by atoms with Gasteiger partial charge in [0.05, 0.1) is 27.0 Å². The van der Waals surface area contributed by atoms with Gasteiger partial charge in [0, 0.05) is 38.2 Å². The molecule has 2 heterocycles. The number of carbonyl (C=O) groups excluding carboxylic acids is 2. The summed E-state index contributed by atoms with van der Waals surface area (Å²) in [6, 6.07) is 3.25. The number of hydrogen-bond acceptors (Lipinski definition) is 6. The van der Waals surface area contributed by atoms with Crippen LogP contribution in [0, 0.1) is 5.92 Å². The minimum Gasteiger partial charge on any atom is -0.493 e. The Bertz CT molecular complexity index is 779. The Morgan fingerprint density at radius 1 is 0.941 bits per heavy atom. The van der Waals surface area contributed by atoms with Gasteiger partial charge >= 0.3 is 6.03 Å². The van der Waals surface area contributed by atoms with Crippen LogP contribution >= 0.6 is 0 Å². The van der Waals surface area contributed by atoms with Crippen molar-refractivity contribution < 1.29 is 23.8 Å². The molecule has 3 rings (SSSR count). The lowest BCUT2D eigenvalue weighted by molar-refractivity contribution is -0.122. The van der Waals surface area contributed by atoms with Crippen molar-refractivity contribution in [3.05, 3.63) is 12.1 Å². The van der Waals surface area contributed by atoms with Gasteiger partial charge in [-0.1, -0.05) is 6.42 Å². The molecule has 1 aromatic carbocycles. The second-order valence-corrected chi connectivity index (χ2v) is 9.08. The van der Waals surface area contributed by atoms with Crippen molar-refractivity contribution >= 4 is 17.6 Å². The van der Waals surface area contributed by atoms with Crippen LogP contribution in [-0.2, 0) is 4.79 Å². The van der Waals surface area contributed by atoms with Gasteiger partial charge in [-0.15, -0.1) is 0 Å². The fraction of sp³-hybridized carbons (Fsp3) is 0.680. The summed E-state index contributed by atoms with van der Waals surface area (Å²) in [6.07, 6.45) is 7.13. The fourth-order valence-corrected chi connectivity index (χ4v) is 4.74. The van der Waals surface area contributed by atoms with E-state index < -0.39 is 0 Å². The molecule has 0 atom stereocenters. The Balaban J connectivity index is 1.38. The van der Waals surface area contributed by atoms with Gasteiger partial charge in [0.25, 0.3) is 0 Å². The number of piperidine rings is 2. The maximum atomic E-state index is 12.8. The highest BCUT2D eigenvalue weighted by Crippen LogP contribution is 2.40. The second-order valence-electron chi connectivity index (χ2n) is 9.08. The van der Waals surface area contributed by atoms with E-state index in [0.29, 0.717) is 48.4 Å². The summed E-state index contributed by atoms with van der Waals surface area (Å²) in [7, 11) is 4.62. The van der Waals surface area contributed by atoms with E-state index in [2.05, 4.69) is 15.5 Å². The van der Waals surface area contributed by atoms with Crippen LogP contribution in [0.5, 0.6) is 17.2 Å². The molecule has 0 aromatic heterocycles. The summed E-state index contributed by atoms with van der Waals surface area (Å²) in [5.41, 5.74) is 0.575. The molecule has 190 valence electrons. The van der Waals surface area contributed by atoms with E-state index in [-0.39, 0.29) is 11.9 Å². The third kappa shape index (κ3) is 7.41. The SMILES string of the molecule is COc1cc(NC(=O)N2CCC(CC(=O)NCCCN3CCCCC3)CC2)cc(OC)c1OC. The number of hydrogen-bond donors (Lipinski definition) is 2. The number of rotatable bonds is 10. The largest absolute Gasteiger partial charge is 0.493 e. The molecule has 2 fully saturated rings. The molecule has 0 bridgehead atoms. The highest BCUT2D eigenvalue weighted by atomic mass is 16.5. The first-order chi connectivity index (χ1) is 16.5. The minimum absolute atomic E-state index is 0.124. The van der Waals surface area contributed by atoms with E-state index in [0.717, 1.165) is 32.4 Å². The number of nitrogens with one attached hydrogen (secondary N) is 2. The number of carbonyl (C=O) groups is 2. The molecule has 1 aromatic rings. The monoisotopic (exact) mass is 476 g/mol. The van der Waals surface area contributed by atoms with Gasteiger partial charge in [0.15, 0.2) is 11.5 Å². The molecule has 2 aliphatic rings. The van der Waals surface area contributed by atoms with Crippen LogP contribution in [0.1, 0.15) is 44.9 Å². The predicted molar refractivity (Wildman–Crippen MR) is 132 cm³/mol. The van der Waals surface area contributed by atoms with Crippen molar-refractivity contribution in [1.82, 2.24) is 15.1 Å². The molecule has 9 heteroatoms. The molecule has 9 nitrogen and oxygen atoms in total. The average molecular weight is 477 g/mol. The van der Waals surface area contributed by atoms with Crippen LogP contribution in [-0.4, -0.2) is 82.3 Å². The van der Waals surface area contributed by atoms with E-state index in [1.165, 1.54) is 32.4 Å². The Labute approximate surface area is 203 Å². The lowest BCUT2D eigenvalue weighted by atomic mass is 9.93. The van der Waals surface area contributed by atoms with E-state index in [9.17, 15) is 9.59 Å². The molecule has 0 aliphatic carbocycles. The molecule has 0 spiro atoms. The van der Waals surface area contributed by atoms with Crippen molar-refractivity contribution in [3.63, 3.8) is 0 Å². The quantitative estimate of drug-likeness (QED) is 0.503. The summed E-state index contributed by atoms with van der Waals surface area (Å²) in [6.45, 7) is 5.46. The standard InChI is InChI=1S/C25H40N4O5/c1-32-21-17-20(18-22(33-2)24(21)34-3)27-25(31)29-14-8-19(9-15-29)16-23(30)26-10-7-13-28-11-5-4-6-12-28/h17-19H,4-16H2,1-3H3,(H,26,30)(H,27,31). The number of amides is 3. The molecule has 2 saturated heterocycles. The van der Waals surface area contributed by atoms with Crippen molar-refractivity contribution in [2.24, 2.45) is 5.92 Å². The maximum Gasteiger partial charge on any atom is 0.321 e. The van der Waals surface area contributed by atoms with Crippen LogP contribution in [0.2, 0.25) is 0 Å². The number of methoxy groups -OCH3 is 3. The molecular formula is C25H40N4O5. The molecule has 0 radical (unpaired) electrons. The number of likely N-dealkylation sites (tertiary alicyclic amines) is 2. The van der Waals surface area contributed by atoms with Crippen LogP contribution < -0.4 is 24.8 Å². The molecule has 2 aliphatic heterocycles. The zero-order chi connectivity index (χ0) is 24.3. The number of urea groups is 1. The first-order valence-corrected chi connectivity index (χ1v) is 12.4. The smallest absolute Gasteiger partial charge is 0.321 e. The topological polar surface area (TPSA) is 92.4 Å². The maximum absolute atomic E-state index is 12.8. The molecular weight excluding hydrogens is 436 g/mol. The molecule has 0 unspecified atom stereocenters. The Morgan fingerprint density at radius 3 is 2.18 bits per heavy atom. The summed E-state index contributed by atoms with van der Waals surface area (Å²) in [5, 5.41) is 5.99. The van der Waals surface area contributed by atoms with Crippen LogP contribution in [0.4, 0.5) is 10.5 Å². The van der Waals surface area contributed by atoms with Crippen molar-refractivity contribution in [3.8, 4) is 17.2 Å². The molecule has 2 N–H and O–H groups in total. The van der Waals surface area contributed by atoms with Crippen LogP contribution in [0.25, 0.3) is 0 Å². The summed E-state index contributed by atoms with van der Waals surface area (Å²) in [5.74, 6) is 1.88. The predicted octanol–water partition coefficient (Wildman–Crippen LogP) is 3.34. The molecule has 3 amide bonds. The van der Waals surface area contributed by atoms with Crippen LogP contribution in [0.3, 0.4) is 0 Å². The number of nitrogens with zero attached hydrogens (tertiary/aromatic N) is 2. The van der Waals surface area contributed by atoms with Gasteiger partial charge in [0.2, 0.25) is 11.7 Å². The van der Waals surface area contributed by atoms with E-state index >= 15 is 0 Å². The normalized spacial score (nSPS) is 17.2. The van der Waals surface area contributed by atoms with Crippen LogP contribution in [0.15, 0.2) is 12.1 Å². The van der Waals surface area contributed by atoms with Gasteiger partial charge in [-0.2, -0.15) is 0 Å². The zero-order valence-electron chi connectivity index (χ0n) is 20.9. The summed E-state index contributed by atoms with van der Waals surface area (Å²) < 4.78 is 16.0. The highest BCUT2D eigenvalue weighted by molar-refractivity contribution is 5.90. The molecule has 0 saturated carbocycles. The third-order valence-corrected chi connectivity index (χ3v) is 6.71. The van der Waals surface area contributed by atoms with Gasteiger partial charge in [0.1, 0.15) is 0 Å². The summed E-state index contributed by atoms with van der Waals surface area (Å²) >= 11 is 0. The number of benzene rings is 1.